The molecule has 0 spiro atoms. The molecule has 142 valence electrons. The maximum absolute atomic E-state index is 4.67. The third-order valence-electron chi connectivity index (χ3n) is 6.58. The summed E-state index contributed by atoms with van der Waals surface area (Å²) in [5, 5.41) is 5.47. The highest BCUT2D eigenvalue weighted by Gasteiger charge is 2.27. The third kappa shape index (κ3) is 3.29. The van der Waals surface area contributed by atoms with Crippen molar-refractivity contribution in [1.29, 1.82) is 0 Å². The summed E-state index contributed by atoms with van der Waals surface area (Å²) in [4.78, 5) is 11.9. The standard InChI is InChI=1S/C22H28N5/c1-26-15-18(13-25-26)21-14-24-22-20(21)11-17(12-23-22)16-5-7-19(8-6-16)27-9-3-2-4-10-27/h11-16,19H,2-10H2,1H3/q-1. The average Bonchev–Trinajstić information content (AvgIpc) is 3.34. The molecule has 0 atom stereocenters. The number of aryl methyl sites for hydroxylation is 1. The maximum atomic E-state index is 4.67. The molecule has 0 unspecified atom stereocenters. The SMILES string of the molecule is Cn1cc(-c2c[n-]c3ncc(C4CCC(N5CCCCC5)CC4)cc23)cn1. The van der Waals surface area contributed by atoms with Crippen LogP contribution < -0.4 is 4.98 Å². The van der Waals surface area contributed by atoms with Gasteiger partial charge in [-0.1, -0.05) is 30.5 Å². The van der Waals surface area contributed by atoms with Crippen LogP contribution in [0.25, 0.3) is 22.2 Å². The van der Waals surface area contributed by atoms with Crippen LogP contribution in [0, 0.1) is 0 Å². The summed E-state index contributed by atoms with van der Waals surface area (Å²) in [6.45, 7) is 2.63. The van der Waals surface area contributed by atoms with E-state index in [0.717, 1.165) is 22.8 Å². The molecular formula is C22H28N5-. The van der Waals surface area contributed by atoms with Crippen LogP contribution in [0.15, 0.2) is 30.9 Å². The van der Waals surface area contributed by atoms with Gasteiger partial charge in [-0.3, -0.25) is 4.68 Å². The van der Waals surface area contributed by atoms with E-state index in [1.807, 2.05) is 30.3 Å². The fraction of sp³-hybridized carbons (Fsp3) is 0.545. The highest BCUT2D eigenvalue weighted by Crippen LogP contribution is 2.37. The summed E-state index contributed by atoms with van der Waals surface area (Å²) in [6, 6.07) is 3.15. The molecule has 1 aliphatic heterocycles. The zero-order valence-electron chi connectivity index (χ0n) is 16.1. The number of piperidine rings is 1. The highest BCUT2D eigenvalue weighted by molar-refractivity contribution is 5.93. The lowest BCUT2D eigenvalue weighted by molar-refractivity contribution is 0.125. The second-order valence-electron chi connectivity index (χ2n) is 8.32. The van der Waals surface area contributed by atoms with Crippen LogP contribution >= 0.6 is 0 Å². The topological polar surface area (TPSA) is 48.1 Å². The van der Waals surface area contributed by atoms with Crippen molar-refractivity contribution in [3.05, 3.63) is 36.4 Å². The number of pyridine rings is 1. The van der Waals surface area contributed by atoms with Gasteiger partial charge in [-0.15, -0.1) is 0 Å². The van der Waals surface area contributed by atoms with Crippen LogP contribution in [-0.4, -0.2) is 38.8 Å². The molecule has 27 heavy (non-hydrogen) atoms. The Morgan fingerprint density at radius 2 is 1.85 bits per heavy atom. The second kappa shape index (κ2) is 7.12. The van der Waals surface area contributed by atoms with Crippen LogP contribution in [0.3, 0.4) is 0 Å². The number of fused-ring (bicyclic) bond motifs is 1. The van der Waals surface area contributed by atoms with Crippen LogP contribution in [-0.2, 0) is 7.05 Å². The maximum Gasteiger partial charge on any atom is 0.0568 e. The van der Waals surface area contributed by atoms with Gasteiger partial charge in [0, 0.05) is 24.8 Å². The van der Waals surface area contributed by atoms with Gasteiger partial charge in [0.2, 0.25) is 0 Å². The number of nitrogens with zero attached hydrogens (tertiary/aromatic N) is 5. The first-order valence-electron chi connectivity index (χ1n) is 10.4. The second-order valence-corrected chi connectivity index (χ2v) is 8.32. The Morgan fingerprint density at radius 3 is 2.59 bits per heavy atom. The number of likely N-dealkylation sites (tertiary alicyclic amines) is 1. The van der Waals surface area contributed by atoms with Crippen molar-refractivity contribution in [3.63, 3.8) is 0 Å². The van der Waals surface area contributed by atoms with E-state index in [1.54, 1.807) is 0 Å². The fourth-order valence-corrected chi connectivity index (χ4v) is 5.04. The summed E-state index contributed by atoms with van der Waals surface area (Å²) in [5.41, 5.74) is 4.50. The van der Waals surface area contributed by atoms with E-state index in [1.165, 1.54) is 69.0 Å². The molecule has 0 amide bonds. The highest BCUT2D eigenvalue weighted by atomic mass is 15.2. The molecule has 5 rings (SSSR count). The number of aromatic nitrogens is 4. The molecule has 1 saturated carbocycles. The first-order chi connectivity index (χ1) is 13.3. The third-order valence-corrected chi connectivity index (χ3v) is 6.58. The van der Waals surface area contributed by atoms with Gasteiger partial charge in [0.1, 0.15) is 0 Å². The van der Waals surface area contributed by atoms with Gasteiger partial charge in [-0.05, 0) is 74.0 Å². The van der Waals surface area contributed by atoms with Gasteiger partial charge >= 0.3 is 0 Å². The predicted octanol–water partition coefficient (Wildman–Crippen LogP) is 4.10. The molecule has 3 aromatic heterocycles. The molecule has 0 aromatic carbocycles. The van der Waals surface area contributed by atoms with Crippen LogP contribution in [0.5, 0.6) is 0 Å². The van der Waals surface area contributed by atoms with Crippen molar-refractivity contribution >= 4 is 11.0 Å². The van der Waals surface area contributed by atoms with E-state index < -0.39 is 0 Å². The molecule has 0 radical (unpaired) electrons. The Bertz CT molecular complexity index is 910. The molecule has 1 aliphatic carbocycles. The van der Waals surface area contributed by atoms with Crippen molar-refractivity contribution < 1.29 is 0 Å². The van der Waals surface area contributed by atoms with Crippen molar-refractivity contribution in [1.82, 2.24) is 24.6 Å². The molecule has 1 saturated heterocycles. The molecular weight excluding hydrogens is 334 g/mol. The van der Waals surface area contributed by atoms with Gasteiger partial charge in [-0.25, -0.2) is 0 Å². The summed E-state index contributed by atoms with van der Waals surface area (Å²) in [6.07, 6.45) is 17.4. The lowest BCUT2D eigenvalue weighted by Crippen LogP contribution is -2.41. The predicted molar refractivity (Wildman–Crippen MR) is 108 cm³/mol. The van der Waals surface area contributed by atoms with Crippen LogP contribution in [0.4, 0.5) is 0 Å². The smallest absolute Gasteiger partial charge is 0.0568 e. The van der Waals surface area contributed by atoms with Crippen LogP contribution in [0.2, 0.25) is 0 Å². The quantitative estimate of drug-likeness (QED) is 0.704. The Balaban J connectivity index is 1.35. The molecule has 2 aliphatic rings. The number of hydrogen-bond donors (Lipinski definition) is 0. The number of rotatable bonds is 3. The van der Waals surface area contributed by atoms with E-state index >= 15 is 0 Å². The minimum atomic E-state index is 0.639. The molecule has 5 nitrogen and oxygen atoms in total. The first kappa shape index (κ1) is 17.0. The van der Waals surface area contributed by atoms with Gasteiger partial charge in [-0.2, -0.15) is 5.10 Å². The Kier molecular flexibility index (Phi) is 4.48. The molecule has 4 heterocycles. The molecule has 0 N–H and O–H groups in total. The molecule has 0 bridgehead atoms. The van der Waals surface area contributed by atoms with Crippen molar-refractivity contribution in [2.24, 2.45) is 7.05 Å². The lowest BCUT2D eigenvalue weighted by Gasteiger charge is -2.39. The molecule has 2 fully saturated rings. The molecule has 3 aromatic rings. The van der Waals surface area contributed by atoms with Gasteiger partial charge < -0.3 is 14.9 Å². The Morgan fingerprint density at radius 1 is 1.04 bits per heavy atom. The zero-order chi connectivity index (χ0) is 18.2. The summed E-state index contributed by atoms with van der Waals surface area (Å²) in [5.74, 6) is 0.639. The van der Waals surface area contributed by atoms with Crippen LogP contribution in [0.1, 0.15) is 56.4 Å². The van der Waals surface area contributed by atoms with E-state index in [4.69, 9.17) is 0 Å². The summed E-state index contributed by atoms with van der Waals surface area (Å²) < 4.78 is 1.84. The minimum absolute atomic E-state index is 0.639. The van der Waals surface area contributed by atoms with Crippen molar-refractivity contribution in [3.8, 4) is 11.1 Å². The molecule has 5 heteroatoms. The largest absolute Gasteiger partial charge is 0.442 e. The number of hydrogen-bond acceptors (Lipinski definition) is 3. The van der Waals surface area contributed by atoms with E-state index in [-0.39, 0.29) is 0 Å². The van der Waals surface area contributed by atoms with E-state index in [2.05, 4.69) is 32.2 Å². The van der Waals surface area contributed by atoms with Gasteiger partial charge in [0.25, 0.3) is 0 Å². The van der Waals surface area contributed by atoms with Gasteiger partial charge in [0.15, 0.2) is 0 Å². The normalized spacial score (nSPS) is 24.5. The fourth-order valence-electron chi connectivity index (χ4n) is 5.04. The Hall–Kier alpha value is -2.14. The zero-order valence-corrected chi connectivity index (χ0v) is 16.1. The monoisotopic (exact) mass is 362 g/mol. The summed E-state index contributed by atoms with van der Waals surface area (Å²) in [7, 11) is 1.95. The average molecular weight is 363 g/mol. The van der Waals surface area contributed by atoms with Crippen molar-refractivity contribution in [2.75, 3.05) is 13.1 Å². The lowest BCUT2D eigenvalue weighted by atomic mass is 9.81. The summed E-state index contributed by atoms with van der Waals surface area (Å²) >= 11 is 0. The van der Waals surface area contributed by atoms with Gasteiger partial charge in [0.05, 0.1) is 6.20 Å². The minimum Gasteiger partial charge on any atom is -0.442 e. The van der Waals surface area contributed by atoms with E-state index in [0.29, 0.717) is 5.92 Å². The van der Waals surface area contributed by atoms with E-state index in [9.17, 15) is 0 Å². The first-order valence-corrected chi connectivity index (χ1v) is 10.4. The Labute approximate surface area is 160 Å². The van der Waals surface area contributed by atoms with Crippen molar-refractivity contribution in [2.45, 2.75) is 56.9 Å².